The van der Waals surface area contributed by atoms with E-state index in [1.54, 1.807) is 36.4 Å². The zero-order chi connectivity index (χ0) is 58.2. The van der Waals surface area contributed by atoms with Crippen molar-refractivity contribution in [3.8, 4) is 51.7 Å². The highest BCUT2D eigenvalue weighted by molar-refractivity contribution is 7.94. The number of benzene rings is 6. The number of phenols is 9. The summed E-state index contributed by atoms with van der Waals surface area (Å²) in [5.41, 5.74) is 5.60. The van der Waals surface area contributed by atoms with Crippen molar-refractivity contribution in [2.24, 2.45) is 23.7 Å². The molecule has 13 N–H and O–H groups in total. The number of Topliss-reactive ketones (excluding diaryl/α,β-unsaturated/α-hetero) is 2. The summed E-state index contributed by atoms with van der Waals surface area (Å²) in [4.78, 5) is 43.8. The Morgan fingerprint density at radius 1 is 0.494 bits per heavy atom. The Hall–Kier alpha value is -8.40. The van der Waals surface area contributed by atoms with Gasteiger partial charge in [0, 0.05) is 71.2 Å². The minimum atomic E-state index is -3.55. The fourth-order valence-electron chi connectivity index (χ4n) is 12.4. The van der Waals surface area contributed by atoms with E-state index >= 15 is 0 Å². The maximum Gasteiger partial charge on any atom is 0.321 e. The number of phenolic OH excluding ortho intramolecular Hbond substituents is 9. The Labute approximate surface area is 469 Å². The molecule has 4 bridgehead atoms. The molecule has 1 amide bonds. The number of anilines is 4. The van der Waals surface area contributed by atoms with E-state index in [0.717, 1.165) is 47.9 Å². The number of hydrogen-bond donors (Lipinski definition) is 13. The summed E-state index contributed by atoms with van der Waals surface area (Å²) in [7, 11) is 0.593. The quantitative estimate of drug-likeness (QED) is 0.0412. The third kappa shape index (κ3) is 12.6. The molecule has 0 saturated carbocycles. The van der Waals surface area contributed by atoms with Gasteiger partial charge in [-0.05, 0) is 180 Å². The van der Waals surface area contributed by atoms with Gasteiger partial charge in [0.1, 0.15) is 17.3 Å². The number of fused-ring (bicyclic) bond motifs is 5. The molecule has 6 aromatic rings. The van der Waals surface area contributed by atoms with Crippen molar-refractivity contribution in [1.82, 2.24) is 9.80 Å². The third-order valence-electron chi connectivity index (χ3n) is 16.4. The van der Waals surface area contributed by atoms with Gasteiger partial charge in [-0.3, -0.25) is 33.6 Å². The lowest BCUT2D eigenvalue weighted by atomic mass is 9.76. The number of piperidine rings is 2. The monoisotopic (exact) mass is 1130 g/mol. The van der Waals surface area contributed by atoms with Crippen LogP contribution < -0.4 is 20.1 Å². The summed E-state index contributed by atoms with van der Waals surface area (Å²) in [6.45, 7) is 3.84. The smallest absolute Gasteiger partial charge is 0.321 e. The molecule has 0 spiro atoms. The first-order chi connectivity index (χ1) is 38.4. The molecule has 21 heteroatoms. The Morgan fingerprint density at radius 2 is 0.864 bits per heavy atom. The van der Waals surface area contributed by atoms with Gasteiger partial charge in [0.15, 0.2) is 46.0 Å². The molecule has 81 heavy (non-hydrogen) atoms. The molecule has 428 valence electrons. The van der Waals surface area contributed by atoms with Crippen LogP contribution in [0.5, 0.6) is 51.7 Å². The molecule has 0 aromatic heterocycles. The van der Waals surface area contributed by atoms with Gasteiger partial charge in [0.25, 0.3) is 5.91 Å². The minimum absolute atomic E-state index is 0.0625. The van der Waals surface area contributed by atoms with Crippen LogP contribution in [0.15, 0.2) is 109 Å². The number of amides is 1. The average molecular weight is 1130 g/mol. The lowest BCUT2D eigenvalue weighted by Gasteiger charge is -2.41. The highest BCUT2D eigenvalue weighted by Gasteiger charge is 2.52. The van der Waals surface area contributed by atoms with Crippen LogP contribution >= 0.6 is 0 Å². The zero-order valence-corrected chi connectivity index (χ0v) is 45.9. The first-order valence-corrected chi connectivity index (χ1v) is 28.3. The number of nitrogens with one attached hydrogen (secondary N) is 4. The molecule has 0 radical (unpaired) electrons. The highest BCUT2D eigenvalue weighted by atomic mass is 32.2. The molecule has 6 aromatic carbocycles. The van der Waals surface area contributed by atoms with Gasteiger partial charge >= 0.3 is 10.2 Å². The second kappa shape index (κ2) is 23.4. The predicted octanol–water partition coefficient (Wildman–Crippen LogP) is 7.69. The topological polar surface area (TPSA) is 322 Å². The Balaban J connectivity index is 0.000000149. The molecule has 20 nitrogen and oxygen atoms in total. The number of carbonyl (C=O) groups excluding carboxylic acids is 3. The van der Waals surface area contributed by atoms with Gasteiger partial charge in [-0.25, -0.2) is 0 Å². The summed E-state index contributed by atoms with van der Waals surface area (Å²) in [6.07, 6.45) is 5.92. The molecule has 8 atom stereocenters. The van der Waals surface area contributed by atoms with Crippen molar-refractivity contribution >= 4 is 50.4 Å². The SMILES string of the molecule is CC(C)Nc1cc(C(=O)Nc2ccc(O)c(O)c2)ccc1O.CN1C2CCC1C(Cc1ccc(O)c(O)c1)C(=O)C2Cc1ccc(O)c(O)c1.CN1C2CCC1C(Cc1ccc3c(c1)NS(=O)(=O)N3)C(=O)C2Cc1ccc(O)c(O)c1. The van der Waals surface area contributed by atoms with E-state index in [9.17, 15) is 68.8 Å². The normalized spacial score (nSPS) is 23.3. The molecule has 5 heterocycles. The molecule has 5 aliphatic rings. The van der Waals surface area contributed by atoms with Gasteiger partial charge in [0.2, 0.25) is 0 Å². The van der Waals surface area contributed by atoms with Crippen LogP contribution in [0.3, 0.4) is 0 Å². The number of carbonyl (C=O) groups is 3. The van der Waals surface area contributed by atoms with E-state index in [1.165, 1.54) is 66.7 Å². The third-order valence-corrected chi connectivity index (χ3v) is 17.4. The standard InChI is InChI=1S/C22H25N3O5S.C22H25NO5.C16H18N2O4/c1-25-18-5-6-19(25)15(9-13-3-7-20(26)21(27)11-13)22(28)14(18)8-12-2-4-16-17(10-12)24-31(29,30)23-16;1-23-16-4-5-17(23)15(9-13-3-7-19(25)21(27)11-13)22(28)14(16)8-12-2-6-18(24)20(26)10-12;1-9(2)17-12-7-10(3-5-13(12)19)16(22)18-11-4-6-14(20)15(21)8-11/h2-4,7,10-11,14-15,18-19,23-24,26-27H,5-6,8-9H2,1H3;2-3,6-7,10-11,14-17,24-27H,4-5,8-9H2,1H3;3-9,17,19-21H,1-2H3,(H,18,22). The van der Waals surface area contributed by atoms with Crippen LogP contribution in [0.25, 0.3) is 0 Å². The van der Waals surface area contributed by atoms with Crippen molar-refractivity contribution in [3.05, 3.63) is 137 Å². The lowest BCUT2D eigenvalue weighted by Crippen LogP contribution is -2.53. The van der Waals surface area contributed by atoms with Crippen LogP contribution in [0.2, 0.25) is 0 Å². The Kier molecular flexibility index (Phi) is 16.5. The molecular weight excluding hydrogens is 1060 g/mol. The fraction of sp³-hybridized carbons (Fsp3) is 0.350. The molecule has 8 unspecified atom stereocenters. The summed E-state index contributed by atoms with van der Waals surface area (Å²) >= 11 is 0. The molecule has 11 rings (SSSR count). The van der Waals surface area contributed by atoms with Gasteiger partial charge in [-0.2, -0.15) is 8.42 Å². The Bertz CT molecular complexity index is 3420. The lowest BCUT2D eigenvalue weighted by molar-refractivity contribution is -0.135. The summed E-state index contributed by atoms with van der Waals surface area (Å²) in [5, 5.41) is 92.1. The Morgan fingerprint density at radius 3 is 1.27 bits per heavy atom. The molecule has 4 fully saturated rings. The zero-order valence-electron chi connectivity index (χ0n) is 45.1. The van der Waals surface area contributed by atoms with Gasteiger partial charge in [0.05, 0.1) is 17.1 Å². The van der Waals surface area contributed by atoms with Crippen LogP contribution in [-0.2, 0) is 45.5 Å². The van der Waals surface area contributed by atoms with Crippen LogP contribution in [0.4, 0.5) is 22.7 Å². The second-order valence-electron chi connectivity index (χ2n) is 22.0. The molecule has 5 aliphatic heterocycles. The van der Waals surface area contributed by atoms with E-state index in [-0.39, 0.29) is 117 Å². The van der Waals surface area contributed by atoms with Crippen LogP contribution in [0, 0.1) is 23.7 Å². The van der Waals surface area contributed by atoms with Crippen molar-refractivity contribution in [1.29, 1.82) is 0 Å². The maximum absolute atomic E-state index is 13.6. The van der Waals surface area contributed by atoms with Gasteiger partial charge in [-0.1, -0.05) is 24.3 Å². The summed E-state index contributed by atoms with van der Waals surface area (Å²) in [5.74, 6) is -2.21. The fourth-order valence-corrected chi connectivity index (χ4v) is 13.4. The van der Waals surface area contributed by atoms with Gasteiger partial charge in [-0.15, -0.1) is 0 Å². The number of rotatable bonds is 12. The molecule has 0 aliphatic carbocycles. The molecular formula is C60H68N6O14S. The average Bonchev–Trinajstić information content (AvgIpc) is 4.08. The highest BCUT2D eigenvalue weighted by Crippen LogP contribution is 2.45. The van der Waals surface area contributed by atoms with E-state index in [2.05, 4.69) is 44.0 Å². The minimum Gasteiger partial charge on any atom is -0.506 e. The molecule has 4 saturated heterocycles. The van der Waals surface area contributed by atoms with E-state index in [1.807, 2.05) is 19.9 Å². The van der Waals surface area contributed by atoms with Crippen molar-refractivity contribution in [3.63, 3.8) is 0 Å². The number of ketones is 2. The van der Waals surface area contributed by atoms with E-state index in [4.69, 9.17) is 0 Å². The first kappa shape index (κ1) is 57.3. The summed E-state index contributed by atoms with van der Waals surface area (Å²) < 4.78 is 28.4. The van der Waals surface area contributed by atoms with Crippen molar-refractivity contribution < 1.29 is 68.8 Å². The maximum atomic E-state index is 13.6. The van der Waals surface area contributed by atoms with E-state index in [0.29, 0.717) is 54.0 Å². The first-order valence-electron chi connectivity index (χ1n) is 26.8. The van der Waals surface area contributed by atoms with Crippen molar-refractivity contribution in [2.45, 2.75) is 95.4 Å². The van der Waals surface area contributed by atoms with Gasteiger partial charge < -0.3 is 56.6 Å². The number of nitrogens with zero attached hydrogens (tertiary/aromatic N) is 2. The number of hydrogen-bond acceptors (Lipinski definition) is 17. The largest absolute Gasteiger partial charge is 0.506 e. The summed E-state index contributed by atoms with van der Waals surface area (Å²) in [6, 6.07) is 28.9. The number of aromatic hydroxyl groups is 9. The van der Waals surface area contributed by atoms with Crippen LogP contribution in [0.1, 0.15) is 72.1 Å². The second-order valence-corrected chi connectivity index (χ2v) is 23.5. The predicted molar refractivity (Wildman–Crippen MR) is 304 cm³/mol. The van der Waals surface area contributed by atoms with E-state index < -0.39 is 16.1 Å². The van der Waals surface area contributed by atoms with Crippen LogP contribution in [-0.4, -0.2) is 126 Å². The van der Waals surface area contributed by atoms with Crippen molar-refractivity contribution in [2.75, 3.05) is 34.2 Å².